The number of halogens is 3. The predicted octanol–water partition coefficient (Wildman–Crippen LogP) is 4.40. The molecule has 21 heavy (non-hydrogen) atoms. The highest BCUT2D eigenvalue weighted by atomic mass is 79.9. The summed E-state index contributed by atoms with van der Waals surface area (Å²) in [5.41, 5.74) is 8.32. The Labute approximate surface area is 131 Å². The van der Waals surface area contributed by atoms with Gasteiger partial charge in [-0.2, -0.15) is 0 Å². The Hall–Kier alpha value is -1.46. The van der Waals surface area contributed by atoms with Crippen LogP contribution in [0.25, 0.3) is 0 Å². The lowest BCUT2D eigenvalue weighted by Crippen LogP contribution is -2.16. The number of nitrogens with two attached hydrogens (primary N) is 1. The van der Waals surface area contributed by atoms with E-state index in [-0.39, 0.29) is 5.56 Å². The molecule has 0 spiro atoms. The molecule has 0 saturated carbocycles. The summed E-state index contributed by atoms with van der Waals surface area (Å²) in [4.78, 5) is 0. The molecule has 2 rings (SSSR count). The lowest BCUT2D eigenvalue weighted by atomic mass is 9.95. The Morgan fingerprint density at radius 1 is 1.05 bits per heavy atom. The fourth-order valence-electron chi connectivity index (χ4n) is 2.50. The maximum absolute atomic E-state index is 14.0. The molecule has 1 unspecified atom stereocenters. The van der Waals surface area contributed by atoms with Gasteiger partial charge in [-0.3, -0.25) is 0 Å². The van der Waals surface area contributed by atoms with Crippen LogP contribution in [0.3, 0.4) is 0 Å². The molecule has 1 atom stereocenters. The zero-order valence-electron chi connectivity index (χ0n) is 12.0. The Morgan fingerprint density at radius 2 is 1.52 bits per heavy atom. The van der Waals surface area contributed by atoms with E-state index in [4.69, 9.17) is 10.5 Å². The van der Waals surface area contributed by atoms with E-state index in [0.29, 0.717) is 10.0 Å². The Bertz CT molecular complexity index is 642. The van der Waals surface area contributed by atoms with Gasteiger partial charge in [-0.25, -0.2) is 8.78 Å². The fourth-order valence-corrected chi connectivity index (χ4v) is 2.90. The highest BCUT2D eigenvalue weighted by Crippen LogP contribution is 2.32. The molecule has 0 radical (unpaired) electrons. The zero-order valence-corrected chi connectivity index (χ0v) is 13.6. The summed E-state index contributed by atoms with van der Waals surface area (Å²) in [6.45, 7) is 3.74. The number of hydrogen-bond donors (Lipinski definition) is 1. The van der Waals surface area contributed by atoms with Gasteiger partial charge >= 0.3 is 0 Å². The van der Waals surface area contributed by atoms with Gasteiger partial charge in [0.15, 0.2) is 0 Å². The first-order chi connectivity index (χ1) is 9.85. The van der Waals surface area contributed by atoms with E-state index in [1.54, 1.807) is 19.2 Å². The minimum absolute atomic E-state index is 0.137. The number of benzene rings is 2. The highest BCUT2D eigenvalue weighted by molar-refractivity contribution is 9.10. The van der Waals surface area contributed by atoms with Crippen molar-refractivity contribution in [3.8, 4) is 5.75 Å². The minimum atomic E-state index is -0.874. The molecule has 0 bridgehead atoms. The average Bonchev–Trinajstić information content (AvgIpc) is 2.36. The lowest BCUT2D eigenvalue weighted by Gasteiger charge is -2.18. The van der Waals surface area contributed by atoms with E-state index in [1.807, 2.05) is 13.8 Å². The first kappa shape index (κ1) is 15.9. The molecule has 0 aliphatic carbocycles. The van der Waals surface area contributed by atoms with Crippen LogP contribution >= 0.6 is 15.9 Å². The Morgan fingerprint density at radius 3 is 1.95 bits per heavy atom. The normalized spacial score (nSPS) is 12.3. The Kier molecular flexibility index (Phi) is 4.64. The molecule has 2 aromatic rings. The van der Waals surface area contributed by atoms with Crippen LogP contribution in [0.5, 0.6) is 5.75 Å². The molecular formula is C16H16BrF2NO. The monoisotopic (exact) mass is 355 g/mol. The largest absolute Gasteiger partial charge is 0.496 e. The van der Waals surface area contributed by atoms with Gasteiger partial charge in [-0.15, -0.1) is 0 Å². The topological polar surface area (TPSA) is 35.2 Å². The first-order valence-corrected chi connectivity index (χ1v) is 7.19. The van der Waals surface area contributed by atoms with Gasteiger partial charge in [0.25, 0.3) is 0 Å². The van der Waals surface area contributed by atoms with E-state index in [0.717, 1.165) is 16.9 Å². The van der Waals surface area contributed by atoms with Gasteiger partial charge in [-0.1, -0.05) is 28.1 Å². The molecular weight excluding hydrogens is 340 g/mol. The lowest BCUT2D eigenvalue weighted by molar-refractivity contribution is 0.408. The van der Waals surface area contributed by atoms with E-state index < -0.39 is 17.7 Å². The second kappa shape index (κ2) is 6.12. The third kappa shape index (κ3) is 3.09. The van der Waals surface area contributed by atoms with Crippen molar-refractivity contribution in [3.63, 3.8) is 0 Å². The molecule has 0 fully saturated rings. The molecule has 0 heterocycles. The summed E-state index contributed by atoms with van der Waals surface area (Å²) < 4.78 is 33.7. The van der Waals surface area contributed by atoms with Crippen LogP contribution in [-0.2, 0) is 0 Å². The van der Waals surface area contributed by atoms with E-state index >= 15 is 0 Å². The van der Waals surface area contributed by atoms with Crippen molar-refractivity contribution in [1.82, 2.24) is 0 Å². The first-order valence-electron chi connectivity index (χ1n) is 6.40. The van der Waals surface area contributed by atoms with Gasteiger partial charge in [-0.05, 0) is 42.7 Å². The molecule has 0 aromatic heterocycles. The second-order valence-corrected chi connectivity index (χ2v) is 5.86. The van der Waals surface area contributed by atoms with Crippen LogP contribution in [0.4, 0.5) is 8.78 Å². The van der Waals surface area contributed by atoms with Crippen molar-refractivity contribution in [2.45, 2.75) is 19.9 Å². The van der Waals surface area contributed by atoms with Crippen LogP contribution in [0.2, 0.25) is 0 Å². The van der Waals surface area contributed by atoms with E-state index in [2.05, 4.69) is 15.9 Å². The number of hydrogen-bond acceptors (Lipinski definition) is 2. The summed E-state index contributed by atoms with van der Waals surface area (Å²) in [5.74, 6) is -0.580. The van der Waals surface area contributed by atoms with Crippen molar-refractivity contribution in [3.05, 3.63) is 62.6 Å². The fraction of sp³-hybridized carbons (Fsp3) is 0.250. The Balaban J connectivity index is 2.53. The number of rotatable bonds is 3. The standard InChI is InChI=1S/C16H16BrF2NO/c1-8-4-10(5-9(2)16(8)21-3)15(20)14-12(18)6-11(17)7-13(14)19/h4-7,15H,20H2,1-3H3. The van der Waals surface area contributed by atoms with Crippen molar-refractivity contribution in [1.29, 1.82) is 0 Å². The summed E-state index contributed by atoms with van der Waals surface area (Å²) in [6, 6.07) is 5.12. The second-order valence-electron chi connectivity index (χ2n) is 4.95. The van der Waals surface area contributed by atoms with E-state index in [1.165, 1.54) is 12.1 Å². The zero-order chi connectivity index (χ0) is 15.7. The van der Waals surface area contributed by atoms with Gasteiger partial charge in [0.1, 0.15) is 17.4 Å². The van der Waals surface area contributed by atoms with Crippen molar-refractivity contribution in [2.24, 2.45) is 5.73 Å². The van der Waals surface area contributed by atoms with Crippen LogP contribution in [0.1, 0.15) is 28.3 Å². The maximum Gasteiger partial charge on any atom is 0.132 e. The molecule has 2 aromatic carbocycles. The summed E-state index contributed by atoms with van der Waals surface area (Å²) in [6.07, 6.45) is 0. The molecule has 0 aliphatic heterocycles. The molecule has 5 heteroatoms. The molecule has 0 amide bonds. The summed E-state index contributed by atoms with van der Waals surface area (Å²) in [7, 11) is 1.59. The molecule has 2 nitrogen and oxygen atoms in total. The summed E-state index contributed by atoms with van der Waals surface area (Å²) >= 11 is 3.06. The molecule has 112 valence electrons. The van der Waals surface area contributed by atoms with Crippen molar-refractivity contribution < 1.29 is 13.5 Å². The minimum Gasteiger partial charge on any atom is -0.496 e. The number of ether oxygens (including phenoxy) is 1. The van der Waals surface area contributed by atoms with Gasteiger partial charge in [0, 0.05) is 10.0 Å². The van der Waals surface area contributed by atoms with Crippen LogP contribution in [0, 0.1) is 25.5 Å². The van der Waals surface area contributed by atoms with E-state index in [9.17, 15) is 8.78 Å². The van der Waals surface area contributed by atoms with Gasteiger partial charge < -0.3 is 10.5 Å². The maximum atomic E-state index is 14.0. The SMILES string of the molecule is COc1c(C)cc(C(N)c2c(F)cc(Br)cc2F)cc1C. The third-order valence-corrected chi connectivity index (χ3v) is 3.86. The molecule has 2 N–H and O–H groups in total. The smallest absolute Gasteiger partial charge is 0.132 e. The molecule has 0 aliphatic rings. The average molecular weight is 356 g/mol. The quantitative estimate of drug-likeness (QED) is 0.885. The highest BCUT2D eigenvalue weighted by Gasteiger charge is 2.20. The van der Waals surface area contributed by atoms with Gasteiger partial charge in [0.2, 0.25) is 0 Å². The number of methoxy groups -OCH3 is 1. The molecule has 0 saturated heterocycles. The van der Waals surface area contributed by atoms with Crippen molar-refractivity contribution >= 4 is 15.9 Å². The summed E-state index contributed by atoms with van der Waals surface area (Å²) in [5, 5.41) is 0. The van der Waals surface area contributed by atoms with Crippen LogP contribution in [0.15, 0.2) is 28.7 Å². The van der Waals surface area contributed by atoms with Gasteiger partial charge in [0.05, 0.1) is 13.2 Å². The van der Waals surface area contributed by atoms with Crippen molar-refractivity contribution in [2.75, 3.05) is 7.11 Å². The third-order valence-electron chi connectivity index (χ3n) is 3.40. The van der Waals surface area contributed by atoms with Crippen LogP contribution in [-0.4, -0.2) is 7.11 Å². The number of aryl methyl sites for hydroxylation is 2. The van der Waals surface area contributed by atoms with Crippen LogP contribution < -0.4 is 10.5 Å². The predicted molar refractivity (Wildman–Crippen MR) is 82.6 cm³/mol.